The molecule has 0 saturated heterocycles. The van der Waals surface area contributed by atoms with Crippen LogP contribution in [-0.4, -0.2) is 31.5 Å². The number of nitrogens with two attached hydrogens (primary N) is 2. The van der Waals surface area contributed by atoms with Gasteiger partial charge in [0.15, 0.2) is 0 Å². The Kier molecular flexibility index (Phi) is 13.2. The Morgan fingerprint density at radius 2 is 1.65 bits per heavy atom. The van der Waals surface area contributed by atoms with E-state index in [-0.39, 0.29) is 16.0 Å². The molecule has 0 unspecified atom stereocenters. The van der Waals surface area contributed by atoms with Gasteiger partial charge < -0.3 is 34.8 Å². The maximum atomic E-state index is 12.5. The van der Waals surface area contributed by atoms with Gasteiger partial charge in [-0.15, -0.1) is 11.3 Å². The van der Waals surface area contributed by atoms with Crippen LogP contribution < -0.4 is 11.5 Å². The van der Waals surface area contributed by atoms with Gasteiger partial charge in [0, 0.05) is 10.8 Å². The Hall–Kier alpha value is -3.84. The van der Waals surface area contributed by atoms with E-state index in [0.717, 1.165) is 21.2 Å². The van der Waals surface area contributed by atoms with Crippen molar-refractivity contribution in [3.63, 3.8) is 0 Å². The van der Waals surface area contributed by atoms with E-state index in [9.17, 15) is 8.42 Å². The molecule has 0 spiro atoms. The molecule has 1 heterocycles. The number of sulfonamides is 1. The molecule has 0 aliphatic rings. The molecule has 0 amide bonds. The Bertz CT molecular complexity index is 1660. The van der Waals surface area contributed by atoms with E-state index in [1.807, 2.05) is 60.0 Å². The van der Waals surface area contributed by atoms with Crippen molar-refractivity contribution in [2.75, 3.05) is 0 Å². The van der Waals surface area contributed by atoms with Crippen molar-refractivity contribution in [2.45, 2.75) is 11.8 Å². The number of benzene rings is 3. The molecule has 0 fully saturated rings. The van der Waals surface area contributed by atoms with E-state index >= 15 is 0 Å². The van der Waals surface area contributed by atoms with Crippen molar-refractivity contribution in [1.82, 2.24) is 0 Å². The van der Waals surface area contributed by atoms with Crippen LogP contribution in [0.1, 0.15) is 17.4 Å². The van der Waals surface area contributed by atoms with E-state index in [4.69, 9.17) is 23.7 Å². The van der Waals surface area contributed by atoms with Gasteiger partial charge in [-0.05, 0) is 63.8 Å². The van der Waals surface area contributed by atoms with E-state index < -0.39 is 28.5 Å². The molecule has 206 valence electrons. The molecule has 0 atom stereocenters. The van der Waals surface area contributed by atoms with Crippen molar-refractivity contribution in [3.05, 3.63) is 100 Å². The molecule has 1 aromatic heterocycles. The third kappa shape index (κ3) is 11.1. The number of nitrogens with zero attached hydrogens (tertiary/aromatic N) is 4. The number of nitrogens with one attached hydrogen (secondary N) is 1. The quantitative estimate of drug-likeness (QED) is 0.0869. The van der Waals surface area contributed by atoms with Gasteiger partial charge in [0.05, 0.1) is 16.8 Å². The van der Waals surface area contributed by atoms with Crippen LogP contribution in [0.2, 0.25) is 0 Å². The SMILES string of the molecule is C/C(=N/S(=O)(=O)c1ccc([N-]C(=N)N)cc1)c1ccc2ccccc2c1.N/C([S-])=N/N=C\c1cccs1.[O]=[Mo+2]=[O]. The topological polar surface area (TPSA) is 195 Å². The second kappa shape index (κ2) is 16.3. The summed E-state index contributed by atoms with van der Waals surface area (Å²) in [6, 6.07) is 23.2. The molecule has 15 heteroatoms. The van der Waals surface area contributed by atoms with Gasteiger partial charge in [0.25, 0.3) is 10.0 Å². The summed E-state index contributed by atoms with van der Waals surface area (Å²) < 4.78 is 46.0. The summed E-state index contributed by atoms with van der Waals surface area (Å²) in [5.41, 5.74) is 11.8. The summed E-state index contributed by atoms with van der Waals surface area (Å²) in [4.78, 5) is 1.09. The average Bonchev–Trinajstić information content (AvgIpc) is 3.42. The van der Waals surface area contributed by atoms with Crippen LogP contribution >= 0.6 is 11.3 Å². The maximum absolute atomic E-state index is 12.5. The Morgan fingerprint density at radius 1 is 1.00 bits per heavy atom. The predicted octanol–water partition coefficient (Wildman–Crippen LogP) is 4.64. The van der Waals surface area contributed by atoms with Gasteiger partial charge in [0.2, 0.25) is 0 Å². The van der Waals surface area contributed by atoms with Crippen LogP contribution in [0.4, 0.5) is 5.69 Å². The van der Waals surface area contributed by atoms with Crippen molar-refractivity contribution >= 4 is 73.5 Å². The van der Waals surface area contributed by atoms with Crippen molar-refractivity contribution < 1.29 is 33.7 Å². The second-order valence-electron chi connectivity index (χ2n) is 7.47. The summed E-state index contributed by atoms with van der Waals surface area (Å²) in [6.07, 6.45) is 1.61. The molecule has 3 aromatic carbocycles. The Labute approximate surface area is 249 Å². The van der Waals surface area contributed by atoms with Crippen LogP contribution in [0.3, 0.4) is 0 Å². The minimum absolute atomic E-state index is 0.0535. The number of hydrogen-bond acceptors (Lipinski definition) is 9. The van der Waals surface area contributed by atoms with Crippen LogP contribution in [0.5, 0.6) is 0 Å². The zero-order valence-corrected chi connectivity index (χ0v) is 25.3. The number of amidine groups is 1. The van der Waals surface area contributed by atoms with Crippen LogP contribution in [0, 0.1) is 5.41 Å². The predicted molar refractivity (Wildman–Crippen MR) is 157 cm³/mol. The molecule has 0 aliphatic carbocycles. The van der Waals surface area contributed by atoms with Gasteiger partial charge in [-0.2, -0.15) is 23.0 Å². The summed E-state index contributed by atoms with van der Waals surface area (Å²) in [6.45, 7) is 1.67. The fourth-order valence-corrected chi connectivity index (χ4v) is 4.72. The Morgan fingerprint density at radius 3 is 2.23 bits per heavy atom. The van der Waals surface area contributed by atoms with E-state index in [1.165, 1.54) is 24.3 Å². The zero-order valence-electron chi connectivity index (χ0n) is 20.9. The molecular formula is C25H23MoN7O4S3. The van der Waals surface area contributed by atoms with Crippen LogP contribution in [0.15, 0.2) is 104 Å². The first kappa shape index (κ1) is 32.4. The number of rotatable bonds is 6. The molecule has 0 aliphatic heterocycles. The Balaban J connectivity index is 0.000000333. The molecule has 5 N–H and O–H groups in total. The van der Waals surface area contributed by atoms with E-state index in [2.05, 4.69) is 32.5 Å². The zero-order chi connectivity index (χ0) is 29.5. The molecule has 0 bridgehead atoms. The second-order valence-corrected chi connectivity index (χ2v) is 10.8. The molecule has 4 aromatic rings. The normalized spacial score (nSPS) is 11.5. The number of thiophene rings is 1. The first-order chi connectivity index (χ1) is 19.1. The minimum atomic E-state index is -3.84. The summed E-state index contributed by atoms with van der Waals surface area (Å²) in [5.74, 6) is -0.342. The molecule has 0 radical (unpaired) electrons. The molecule has 40 heavy (non-hydrogen) atoms. The molecule has 11 nitrogen and oxygen atoms in total. The van der Waals surface area contributed by atoms with Crippen molar-refractivity contribution in [2.24, 2.45) is 26.1 Å². The third-order valence-corrected chi connectivity index (χ3v) is 6.96. The average molecular weight is 678 g/mol. The number of guanidine groups is 1. The van der Waals surface area contributed by atoms with Gasteiger partial charge in [-0.3, -0.25) is 0 Å². The third-order valence-electron chi connectivity index (χ3n) is 4.69. The number of hydrogen-bond donors (Lipinski definition) is 3. The van der Waals surface area contributed by atoms with Gasteiger partial charge in [0.1, 0.15) is 0 Å². The van der Waals surface area contributed by atoms with Crippen molar-refractivity contribution in [1.29, 1.82) is 5.41 Å². The first-order valence-electron chi connectivity index (χ1n) is 11.0. The van der Waals surface area contributed by atoms with E-state index in [0.29, 0.717) is 11.4 Å². The number of fused-ring (bicyclic) bond motifs is 1. The first-order valence-corrected chi connectivity index (χ1v) is 15.4. The fourth-order valence-electron chi connectivity index (χ4n) is 3.04. The molecule has 4 rings (SSSR count). The summed E-state index contributed by atoms with van der Waals surface area (Å²) >= 11 is 4.04. The summed E-state index contributed by atoms with van der Waals surface area (Å²) in [5, 5.41) is 22.1. The summed E-state index contributed by atoms with van der Waals surface area (Å²) in [7, 11) is -3.84. The van der Waals surface area contributed by atoms with Crippen molar-refractivity contribution in [3.8, 4) is 0 Å². The van der Waals surface area contributed by atoms with Gasteiger partial charge in [-0.25, -0.2) is 0 Å². The van der Waals surface area contributed by atoms with Gasteiger partial charge in [-0.1, -0.05) is 54.6 Å². The molecule has 0 saturated carbocycles. The monoisotopic (exact) mass is 679 g/mol. The van der Waals surface area contributed by atoms with Gasteiger partial charge >= 0.3 is 25.3 Å². The standard InChI is InChI=1S/C19H17N4O2S.C6H7N3S2.Mo.2O/c1-13(15-7-6-14-4-2-3-5-16(14)12-15)23-26(24,25)18-10-8-17(9-11-18)22-19(20)21;7-6(10)9-8-4-5-2-1-3-11-5;;;/h2-12H,1H3,(H3-,20,21,22);1-4H,(H3,7,9,10);;;/q-1;;+2;;/p-1/b23-13-;8-4-;;;. The van der Waals surface area contributed by atoms with Crippen LogP contribution in [-0.2, 0) is 47.9 Å². The molecular weight excluding hydrogens is 654 g/mol. The van der Waals surface area contributed by atoms with E-state index in [1.54, 1.807) is 24.5 Å². The van der Waals surface area contributed by atoms with Crippen LogP contribution in [0.25, 0.3) is 16.1 Å². The fraction of sp³-hybridized carbons (Fsp3) is 0.0400.